The van der Waals surface area contributed by atoms with Gasteiger partial charge in [-0.05, 0) is 37.3 Å². The molecule has 0 N–H and O–H groups in total. The van der Waals surface area contributed by atoms with E-state index in [1.165, 1.54) is 0 Å². The quantitative estimate of drug-likeness (QED) is 0.371. The van der Waals surface area contributed by atoms with Gasteiger partial charge in [0, 0.05) is 54.1 Å². The Balaban J connectivity index is 1.71. The molecule has 0 radical (unpaired) electrons. The zero-order valence-electron chi connectivity index (χ0n) is 21.8. The molecule has 3 aromatic carbocycles. The lowest BCUT2D eigenvalue weighted by atomic mass is 9.76. The second kappa shape index (κ2) is 11.0. The summed E-state index contributed by atoms with van der Waals surface area (Å²) < 4.78 is 0. The normalized spacial score (nSPS) is 18.0. The van der Waals surface area contributed by atoms with Crippen molar-refractivity contribution >= 4 is 17.5 Å². The molecular formula is C33H32N2O3. The SMILES string of the molecule is CC(=O)N1CCCCC1N1C=C(C(=O)c2ccccc2)C(c2ccccc2C)C(C(=O)c2ccccc2)=C1. The van der Waals surface area contributed by atoms with E-state index in [2.05, 4.69) is 0 Å². The number of carbonyl (C=O) groups excluding carboxylic acids is 3. The first-order valence-corrected chi connectivity index (χ1v) is 13.2. The molecule has 5 nitrogen and oxygen atoms in total. The molecule has 0 aromatic heterocycles. The van der Waals surface area contributed by atoms with E-state index in [4.69, 9.17) is 0 Å². The van der Waals surface area contributed by atoms with Crippen LogP contribution in [0.1, 0.15) is 63.9 Å². The second-order valence-electron chi connectivity index (χ2n) is 9.98. The maximum absolute atomic E-state index is 14.1. The summed E-state index contributed by atoms with van der Waals surface area (Å²) in [6, 6.07) is 26.3. The van der Waals surface area contributed by atoms with E-state index in [1.807, 2.05) is 114 Å². The molecule has 5 rings (SSSR count). The molecule has 192 valence electrons. The van der Waals surface area contributed by atoms with Crippen molar-refractivity contribution < 1.29 is 14.4 Å². The highest BCUT2D eigenvalue weighted by Crippen LogP contribution is 2.41. The lowest BCUT2D eigenvalue weighted by Crippen LogP contribution is -2.50. The molecule has 0 aliphatic carbocycles. The van der Waals surface area contributed by atoms with Crippen LogP contribution in [0.2, 0.25) is 0 Å². The second-order valence-corrected chi connectivity index (χ2v) is 9.98. The van der Waals surface area contributed by atoms with Crippen LogP contribution in [-0.2, 0) is 4.79 Å². The number of ketones is 2. The molecule has 2 aliphatic heterocycles. The number of benzene rings is 3. The van der Waals surface area contributed by atoms with Gasteiger partial charge in [0.25, 0.3) is 0 Å². The minimum Gasteiger partial charge on any atom is -0.333 e. The van der Waals surface area contributed by atoms with Crippen LogP contribution in [0.15, 0.2) is 108 Å². The number of Topliss-reactive ketones (excluding diaryl/α,β-unsaturated/α-hetero) is 2. The van der Waals surface area contributed by atoms with Crippen molar-refractivity contribution in [3.05, 3.63) is 131 Å². The minimum atomic E-state index is -0.540. The lowest BCUT2D eigenvalue weighted by molar-refractivity contribution is -0.135. The summed E-state index contributed by atoms with van der Waals surface area (Å²) in [4.78, 5) is 44.6. The van der Waals surface area contributed by atoms with Crippen LogP contribution >= 0.6 is 0 Å². The molecule has 5 heteroatoms. The van der Waals surface area contributed by atoms with Gasteiger partial charge >= 0.3 is 0 Å². The van der Waals surface area contributed by atoms with Crippen molar-refractivity contribution in [2.24, 2.45) is 0 Å². The minimum absolute atomic E-state index is 0.00982. The Morgan fingerprint density at radius 1 is 0.711 bits per heavy atom. The molecule has 0 bridgehead atoms. The Morgan fingerprint density at radius 2 is 1.24 bits per heavy atom. The smallest absolute Gasteiger partial charge is 0.221 e. The zero-order valence-corrected chi connectivity index (χ0v) is 21.8. The van der Waals surface area contributed by atoms with Crippen molar-refractivity contribution in [1.82, 2.24) is 9.80 Å². The number of carbonyl (C=O) groups is 3. The van der Waals surface area contributed by atoms with E-state index in [9.17, 15) is 14.4 Å². The molecule has 0 saturated carbocycles. The summed E-state index contributed by atoms with van der Waals surface area (Å²) in [6.45, 7) is 4.25. The highest BCUT2D eigenvalue weighted by Gasteiger charge is 2.38. The first kappa shape index (κ1) is 25.4. The van der Waals surface area contributed by atoms with E-state index in [-0.39, 0.29) is 23.6 Å². The summed E-state index contributed by atoms with van der Waals surface area (Å²) in [5.41, 5.74) is 4.12. The van der Waals surface area contributed by atoms with Gasteiger partial charge in [-0.25, -0.2) is 0 Å². The number of likely N-dealkylation sites (tertiary alicyclic amines) is 1. The van der Waals surface area contributed by atoms with Crippen molar-refractivity contribution in [2.45, 2.75) is 45.2 Å². The largest absolute Gasteiger partial charge is 0.333 e. The van der Waals surface area contributed by atoms with E-state index in [0.29, 0.717) is 28.8 Å². The maximum Gasteiger partial charge on any atom is 0.221 e. The predicted octanol–water partition coefficient (Wildman–Crippen LogP) is 6.29. The highest BCUT2D eigenvalue weighted by molar-refractivity contribution is 6.15. The summed E-state index contributed by atoms with van der Waals surface area (Å²) in [5, 5.41) is 0. The molecule has 1 atom stereocenters. The number of amides is 1. The average Bonchev–Trinajstić information content (AvgIpc) is 2.97. The molecule has 1 saturated heterocycles. The van der Waals surface area contributed by atoms with Crippen LogP contribution in [0.3, 0.4) is 0 Å². The summed E-state index contributed by atoms with van der Waals surface area (Å²) in [7, 11) is 0. The summed E-state index contributed by atoms with van der Waals surface area (Å²) >= 11 is 0. The fraction of sp³-hybridized carbons (Fsp3) is 0.242. The lowest BCUT2D eigenvalue weighted by Gasteiger charge is -2.43. The Hall–Kier alpha value is -4.25. The van der Waals surface area contributed by atoms with E-state index in [0.717, 1.165) is 30.4 Å². The predicted molar refractivity (Wildman–Crippen MR) is 148 cm³/mol. The van der Waals surface area contributed by atoms with Crippen LogP contribution in [0, 0.1) is 6.92 Å². The standard InChI is InChI=1S/C33H32N2O3/c1-23-13-9-10-18-27(23)31-28(32(37)25-14-5-3-6-15-25)21-34(30-19-11-12-20-35(30)24(2)36)22-29(31)33(38)26-16-7-4-8-17-26/h3-10,13-18,21-22,30-31H,11-12,19-20H2,1-2H3. The molecule has 1 unspecified atom stereocenters. The van der Waals surface area contributed by atoms with Gasteiger partial charge in [0.2, 0.25) is 5.91 Å². The van der Waals surface area contributed by atoms with E-state index < -0.39 is 5.92 Å². The molecule has 2 aliphatic rings. The number of hydrogen-bond acceptors (Lipinski definition) is 4. The Kier molecular flexibility index (Phi) is 7.36. The van der Waals surface area contributed by atoms with Crippen molar-refractivity contribution in [1.29, 1.82) is 0 Å². The van der Waals surface area contributed by atoms with Gasteiger partial charge in [-0.15, -0.1) is 0 Å². The van der Waals surface area contributed by atoms with Crippen molar-refractivity contribution in [2.75, 3.05) is 6.54 Å². The van der Waals surface area contributed by atoms with Crippen LogP contribution in [-0.4, -0.2) is 40.0 Å². The number of aryl methyl sites for hydroxylation is 1. The first-order valence-electron chi connectivity index (χ1n) is 13.2. The average molecular weight is 505 g/mol. The van der Waals surface area contributed by atoms with E-state index in [1.54, 1.807) is 6.92 Å². The van der Waals surface area contributed by atoms with Crippen LogP contribution in [0.5, 0.6) is 0 Å². The number of rotatable bonds is 6. The fourth-order valence-corrected chi connectivity index (χ4v) is 5.58. The Bertz CT molecular complexity index is 1340. The van der Waals surface area contributed by atoms with Crippen LogP contribution in [0.25, 0.3) is 0 Å². The molecule has 1 fully saturated rings. The number of nitrogens with zero attached hydrogens (tertiary/aromatic N) is 2. The van der Waals surface area contributed by atoms with E-state index >= 15 is 0 Å². The Labute approximate surface area is 224 Å². The van der Waals surface area contributed by atoms with Gasteiger partial charge in [-0.2, -0.15) is 0 Å². The van der Waals surface area contributed by atoms with Crippen LogP contribution in [0.4, 0.5) is 0 Å². The highest BCUT2D eigenvalue weighted by atomic mass is 16.2. The number of piperidine rings is 1. The van der Waals surface area contributed by atoms with Crippen molar-refractivity contribution in [3.63, 3.8) is 0 Å². The number of allylic oxidation sites excluding steroid dienone is 2. The topological polar surface area (TPSA) is 57.7 Å². The van der Waals surface area contributed by atoms with Gasteiger partial charge < -0.3 is 9.80 Å². The monoisotopic (exact) mass is 504 g/mol. The Morgan fingerprint density at radius 3 is 1.76 bits per heavy atom. The molecule has 2 heterocycles. The molecule has 3 aromatic rings. The summed E-state index contributed by atoms with van der Waals surface area (Å²) in [6.07, 6.45) is 6.17. The zero-order chi connectivity index (χ0) is 26.6. The molecule has 38 heavy (non-hydrogen) atoms. The van der Waals surface area contributed by atoms with Gasteiger partial charge in [0.05, 0.1) is 0 Å². The third-order valence-corrected chi connectivity index (χ3v) is 7.51. The van der Waals surface area contributed by atoms with Crippen LogP contribution < -0.4 is 0 Å². The molecular weight excluding hydrogens is 472 g/mol. The van der Waals surface area contributed by atoms with Gasteiger partial charge in [0.15, 0.2) is 11.6 Å². The third-order valence-electron chi connectivity index (χ3n) is 7.51. The van der Waals surface area contributed by atoms with Crippen molar-refractivity contribution in [3.8, 4) is 0 Å². The maximum atomic E-state index is 14.1. The molecule has 1 amide bonds. The summed E-state index contributed by atoms with van der Waals surface area (Å²) in [5.74, 6) is -0.798. The number of hydrogen-bond donors (Lipinski definition) is 0. The molecule has 0 spiro atoms. The van der Waals surface area contributed by atoms with Gasteiger partial charge in [-0.1, -0.05) is 84.9 Å². The van der Waals surface area contributed by atoms with Gasteiger partial charge in [0.1, 0.15) is 6.17 Å². The fourth-order valence-electron chi connectivity index (χ4n) is 5.58. The first-order chi connectivity index (χ1) is 18.5. The van der Waals surface area contributed by atoms with Gasteiger partial charge in [-0.3, -0.25) is 14.4 Å². The third kappa shape index (κ3) is 4.97.